The number of nitrogens with zero attached hydrogens (tertiary/aromatic N) is 7. The molecule has 0 spiro atoms. The Kier molecular flexibility index (Phi) is 10.8. The number of aryl methyl sites for hydroxylation is 1. The van der Waals surface area contributed by atoms with E-state index in [-0.39, 0.29) is 35.0 Å². The molecule has 52 heavy (non-hydrogen) atoms. The molecule has 3 fully saturated rings. The summed E-state index contributed by atoms with van der Waals surface area (Å²) in [5.74, 6) is 1.18. The van der Waals surface area contributed by atoms with Crippen LogP contribution in [0.3, 0.4) is 0 Å². The van der Waals surface area contributed by atoms with Gasteiger partial charge >= 0.3 is 0 Å². The zero-order chi connectivity index (χ0) is 36.2. The molecule has 3 aliphatic heterocycles. The standard InChI is InChI=1S/C38H50N10O3S/c1-27-10-13-33(14-11-27)52(50,51)48(24-28-8-4-2-5-9-28)34-15-12-31(23-35(34)49)41-36-42-37(44-38(43-36)47-25-29(39)22-30(40)26-47)46-20-16-32(17-21-46)45-18-6-3-7-19-45/h2,4-5,8-15,23,29-30,32,49H,3,6-7,16-22,24-26,39-40H2,1H3,(H,41,42,43,44)/t29-,30+. The molecule has 3 saturated heterocycles. The van der Waals surface area contributed by atoms with Crippen molar-refractivity contribution in [2.24, 2.45) is 11.5 Å². The highest BCUT2D eigenvalue weighted by Crippen LogP contribution is 2.36. The fourth-order valence-corrected chi connectivity index (χ4v) is 9.04. The first kappa shape index (κ1) is 35.9. The fourth-order valence-electron chi connectivity index (χ4n) is 7.58. The molecule has 0 aliphatic carbocycles. The van der Waals surface area contributed by atoms with Gasteiger partial charge in [0.1, 0.15) is 5.75 Å². The lowest BCUT2D eigenvalue weighted by atomic mass is 10.0. The number of hydrogen-bond acceptors (Lipinski definition) is 12. The Morgan fingerprint density at radius 3 is 2.13 bits per heavy atom. The van der Waals surface area contributed by atoms with E-state index in [0.29, 0.717) is 42.7 Å². The lowest BCUT2D eigenvalue weighted by molar-refractivity contribution is 0.141. The van der Waals surface area contributed by atoms with Crippen LogP contribution in [-0.2, 0) is 16.6 Å². The van der Waals surface area contributed by atoms with Crippen LogP contribution >= 0.6 is 0 Å². The van der Waals surface area contributed by atoms with Crippen LogP contribution in [0.1, 0.15) is 49.7 Å². The maximum Gasteiger partial charge on any atom is 0.264 e. The third-order valence-corrected chi connectivity index (χ3v) is 12.1. The molecule has 4 aromatic rings. The number of benzene rings is 3. The van der Waals surface area contributed by atoms with Crippen LogP contribution in [0.25, 0.3) is 0 Å². The summed E-state index contributed by atoms with van der Waals surface area (Å²) in [6.45, 7) is 7.13. The van der Waals surface area contributed by atoms with Crippen LogP contribution in [0.4, 0.5) is 29.2 Å². The maximum atomic E-state index is 14.1. The van der Waals surface area contributed by atoms with Crippen molar-refractivity contribution >= 4 is 39.2 Å². The van der Waals surface area contributed by atoms with Crippen molar-refractivity contribution in [1.82, 2.24) is 19.9 Å². The lowest BCUT2D eigenvalue weighted by Crippen LogP contribution is -2.53. The number of hydrogen-bond donors (Lipinski definition) is 4. The van der Waals surface area contributed by atoms with Crippen molar-refractivity contribution < 1.29 is 13.5 Å². The molecule has 14 heteroatoms. The molecule has 3 aromatic carbocycles. The van der Waals surface area contributed by atoms with Gasteiger partial charge in [0.15, 0.2) is 0 Å². The zero-order valence-corrected chi connectivity index (χ0v) is 30.6. The molecule has 0 bridgehead atoms. The molecule has 13 nitrogen and oxygen atoms in total. The summed E-state index contributed by atoms with van der Waals surface area (Å²) >= 11 is 0. The maximum absolute atomic E-state index is 14.1. The summed E-state index contributed by atoms with van der Waals surface area (Å²) in [5.41, 5.74) is 15.1. The van der Waals surface area contributed by atoms with Crippen molar-refractivity contribution in [2.75, 3.05) is 58.7 Å². The number of anilines is 5. The van der Waals surface area contributed by atoms with E-state index in [1.165, 1.54) is 42.7 Å². The molecule has 7 rings (SSSR count). The number of likely N-dealkylation sites (tertiary alicyclic amines) is 1. The van der Waals surface area contributed by atoms with E-state index in [9.17, 15) is 13.5 Å². The minimum atomic E-state index is -4.03. The molecular weight excluding hydrogens is 677 g/mol. The number of piperidine rings is 3. The predicted molar refractivity (Wildman–Crippen MR) is 206 cm³/mol. The van der Waals surface area contributed by atoms with E-state index in [4.69, 9.17) is 26.4 Å². The predicted octanol–water partition coefficient (Wildman–Crippen LogP) is 4.34. The average molecular weight is 727 g/mol. The molecule has 0 saturated carbocycles. The molecule has 0 amide bonds. The summed E-state index contributed by atoms with van der Waals surface area (Å²) < 4.78 is 29.3. The normalized spacial score (nSPS) is 20.5. The Morgan fingerprint density at radius 1 is 0.827 bits per heavy atom. The zero-order valence-electron chi connectivity index (χ0n) is 29.8. The van der Waals surface area contributed by atoms with Crippen molar-refractivity contribution in [2.45, 2.75) is 75.0 Å². The van der Waals surface area contributed by atoms with Gasteiger partial charge in [-0.05, 0) is 81.9 Å². The van der Waals surface area contributed by atoms with Gasteiger partial charge in [-0.2, -0.15) is 15.0 Å². The highest BCUT2D eigenvalue weighted by atomic mass is 32.2. The minimum Gasteiger partial charge on any atom is -0.506 e. The number of phenolic OH excluding ortho intramolecular Hbond substituents is 1. The molecule has 276 valence electrons. The van der Waals surface area contributed by atoms with E-state index in [2.05, 4.69) is 15.1 Å². The van der Waals surface area contributed by atoms with Gasteiger partial charge in [0.05, 0.1) is 17.1 Å². The highest BCUT2D eigenvalue weighted by Gasteiger charge is 2.31. The first-order valence-electron chi connectivity index (χ1n) is 18.4. The van der Waals surface area contributed by atoms with Crippen LogP contribution in [-0.4, -0.2) is 90.8 Å². The Bertz CT molecular complexity index is 1910. The van der Waals surface area contributed by atoms with Crippen LogP contribution in [0.15, 0.2) is 77.7 Å². The van der Waals surface area contributed by atoms with Crippen molar-refractivity contribution in [3.05, 3.63) is 83.9 Å². The Morgan fingerprint density at radius 2 is 1.48 bits per heavy atom. The van der Waals surface area contributed by atoms with Crippen LogP contribution < -0.4 is 30.9 Å². The van der Waals surface area contributed by atoms with Gasteiger partial charge in [-0.1, -0.05) is 54.4 Å². The van der Waals surface area contributed by atoms with Crippen LogP contribution in [0.5, 0.6) is 5.75 Å². The largest absolute Gasteiger partial charge is 0.506 e. The second kappa shape index (κ2) is 15.6. The topological polar surface area (TPSA) is 170 Å². The molecule has 4 heterocycles. The van der Waals surface area contributed by atoms with Gasteiger partial charge < -0.3 is 36.6 Å². The molecule has 3 aliphatic rings. The van der Waals surface area contributed by atoms with E-state index in [0.717, 1.165) is 43.5 Å². The Labute approximate surface area is 306 Å². The Hall–Kier alpha value is -4.50. The van der Waals surface area contributed by atoms with E-state index >= 15 is 0 Å². The summed E-state index contributed by atoms with van der Waals surface area (Å²) in [7, 11) is -4.03. The summed E-state index contributed by atoms with van der Waals surface area (Å²) in [5, 5.41) is 14.7. The number of aromatic nitrogens is 3. The first-order chi connectivity index (χ1) is 25.1. The summed E-state index contributed by atoms with van der Waals surface area (Å²) in [6.07, 6.45) is 6.69. The molecule has 1 aromatic heterocycles. The van der Waals surface area contributed by atoms with Crippen LogP contribution in [0.2, 0.25) is 0 Å². The first-order valence-corrected chi connectivity index (χ1v) is 19.8. The second-order valence-corrected chi connectivity index (χ2v) is 16.2. The molecule has 0 radical (unpaired) electrons. The van der Waals surface area contributed by atoms with Crippen molar-refractivity contribution in [3.8, 4) is 5.75 Å². The number of phenols is 1. The minimum absolute atomic E-state index is 0.0339. The van der Waals surface area contributed by atoms with Gasteiger partial charge in [-0.3, -0.25) is 4.31 Å². The van der Waals surface area contributed by atoms with Crippen molar-refractivity contribution in [3.63, 3.8) is 0 Å². The number of sulfonamides is 1. The van der Waals surface area contributed by atoms with Gasteiger partial charge in [0.2, 0.25) is 17.8 Å². The van der Waals surface area contributed by atoms with Gasteiger partial charge in [0.25, 0.3) is 10.0 Å². The third-order valence-electron chi connectivity index (χ3n) is 10.3. The van der Waals surface area contributed by atoms with E-state index in [1.807, 2.05) is 42.2 Å². The quantitative estimate of drug-likeness (QED) is 0.183. The fraction of sp³-hybridized carbons (Fsp3) is 0.447. The third kappa shape index (κ3) is 8.25. The van der Waals surface area contributed by atoms with Gasteiger partial charge in [-0.25, -0.2) is 8.42 Å². The average Bonchev–Trinajstić information content (AvgIpc) is 3.15. The van der Waals surface area contributed by atoms with E-state index in [1.54, 1.807) is 36.4 Å². The molecule has 2 atom stereocenters. The van der Waals surface area contributed by atoms with Gasteiger partial charge in [0, 0.05) is 56.1 Å². The number of nitrogens with two attached hydrogens (primary N) is 2. The Balaban J connectivity index is 1.17. The summed E-state index contributed by atoms with van der Waals surface area (Å²) in [4.78, 5) is 21.6. The number of rotatable bonds is 10. The molecule has 0 unspecified atom stereocenters. The number of nitrogens with one attached hydrogen (secondary N) is 1. The van der Waals surface area contributed by atoms with E-state index < -0.39 is 10.0 Å². The van der Waals surface area contributed by atoms with Crippen LogP contribution in [0, 0.1) is 6.92 Å². The second-order valence-electron chi connectivity index (χ2n) is 14.4. The highest BCUT2D eigenvalue weighted by molar-refractivity contribution is 7.92. The monoisotopic (exact) mass is 726 g/mol. The number of aromatic hydroxyl groups is 1. The SMILES string of the molecule is Cc1ccc(S(=O)(=O)N(Cc2ccccc2)c2ccc(Nc3nc(N4CCC(N5CCCCC5)CC4)nc(N4C[C@H](N)C[C@H](N)C4)n3)cc2O)cc1. The summed E-state index contributed by atoms with van der Waals surface area (Å²) in [6, 6.07) is 21.2. The smallest absolute Gasteiger partial charge is 0.264 e. The molecule has 6 N–H and O–H groups in total. The molecular formula is C38H50N10O3S. The van der Waals surface area contributed by atoms with Gasteiger partial charge in [-0.15, -0.1) is 0 Å². The lowest BCUT2D eigenvalue weighted by Gasteiger charge is -2.40. The van der Waals surface area contributed by atoms with Crippen molar-refractivity contribution in [1.29, 1.82) is 0 Å².